The molecule has 0 bridgehead atoms. The van der Waals surface area contributed by atoms with Crippen molar-refractivity contribution in [3.63, 3.8) is 0 Å². The van der Waals surface area contributed by atoms with Crippen molar-refractivity contribution in [2.45, 2.75) is 0 Å². The second-order valence-corrected chi connectivity index (χ2v) is 3.18. The molecule has 1 heterocycles. The van der Waals surface area contributed by atoms with Gasteiger partial charge in [-0.15, -0.1) is 5.10 Å². The fraction of sp³-hybridized carbons (Fsp3) is 0. The largest absolute Gasteiger partial charge is 0.298 e. The Kier molecular flexibility index (Phi) is 2.70. The summed E-state index contributed by atoms with van der Waals surface area (Å²) in [6.45, 7) is 0. The number of hydrogen-bond acceptors (Lipinski definition) is 4. The molecule has 0 amide bonds. The highest BCUT2D eigenvalue weighted by atomic mass is 16.1. The van der Waals surface area contributed by atoms with Crippen molar-refractivity contribution >= 4 is 6.29 Å². The topological polar surface area (TPSA) is 66.6 Å². The molecule has 2 rings (SSSR count). The van der Waals surface area contributed by atoms with Crippen molar-refractivity contribution < 1.29 is 4.79 Å². The van der Waals surface area contributed by atoms with Gasteiger partial charge in [-0.1, -0.05) is 18.2 Å². The number of rotatable bonds is 2. The maximum Gasteiger partial charge on any atom is 0.163 e. The summed E-state index contributed by atoms with van der Waals surface area (Å²) in [5, 5.41) is 16.1. The summed E-state index contributed by atoms with van der Waals surface area (Å²) >= 11 is 0. The van der Waals surface area contributed by atoms with Crippen LogP contribution in [-0.4, -0.2) is 16.5 Å². The smallest absolute Gasteiger partial charge is 0.163 e. The molecule has 0 saturated heterocycles. The van der Waals surface area contributed by atoms with Gasteiger partial charge in [0.25, 0.3) is 0 Å². The minimum Gasteiger partial charge on any atom is -0.298 e. The molecule has 1 aromatic heterocycles. The molecule has 1 aromatic carbocycles. The second kappa shape index (κ2) is 4.32. The van der Waals surface area contributed by atoms with Gasteiger partial charge in [0.05, 0.1) is 6.20 Å². The van der Waals surface area contributed by atoms with E-state index in [9.17, 15) is 4.79 Å². The summed E-state index contributed by atoms with van der Waals surface area (Å²) in [6, 6.07) is 10.7. The fourth-order valence-corrected chi connectivity index (χ4v) is 1.37. The van der Waals surface area contributed by atoms with E-state index in [0.717, 1.165) is 17.4 Å². The van der Waals surface area contributed by atoms with E-state index in [4.69, 9.17) is 5.26 Å². The van der Waals surface area contributed by atoms with E-state index in [2.05, 4.69) is 10.2 Å². The van der Waals surface area contributed by atoms with Crippen LogP contribution in [0.15, 0.2) is 36.5 Å². The highest BCUT2D eigenvalue weighted by Gasteiger charge is 2.01. The summed E-state index contributed by atoms with van der Waals surface area (Å²) < 4.78 is 0. The zero-order valence-electron chi connectivity index (χ0n) is 8.29. The first-order chi connectivity index (χ1) is 7.83. The van der Waals surface area contributed by atoms with E-state index >= 15 is 0 Å². The van der Waals surface area contributed by atoms with E-state index in [-0.39, 0.29) is 5.69 Å². The Morgan fingerprint density at radius 3 is 2.88 bits per heavy atom. The lowest BCUT2D eigenvalue weighted by molar-refractivity contribution is 0.112. The van der Waals surface area contributed by atoms with Gasteiger partial charge in [-0.05, 0) is 17.7 Å². The van der Waals surface area contributed by atoms with Crippen LogP contribution in [0.4, 0.5) is 0 Å². The van der Waals surface area contributed by atoms with E-state index in [1.165, 1.54) is 0 Å². The molecule has 0 N–H and O–H groups in total. The van der Waals surface area contributed by atoms with Gasteiger partial charge in [0, 0.05) is 11.1 Å². The fourth-order valence-electron chi connectivity index (χ4n) is 1.37. The second-order valence-electron chi connectivity index (χ2n) is 3.18. The number of benzene rings is 1. The van der Waals surface area contributed by atoms with E-state index in [1.54, 1.807) is 30.5 Å². The minimum absolute atomic E-state index is 0.258. The number of carbonyl (C=O) groups excluding carboxylic acids is 1. The average molecular weight is 209 g/mol. The number of nitrogens with zero attached hydrogens (tertiary/aromatic N) is 3. The molecule has 16 heavy (non-hydrogen) atoms. The van der Waals surface area contributed by atoms with E-state index in [0.29, 0.717) is 5.56 Å². The van der Waals surface area contributed by atoms with Crippen LogP contribution in [0, 0.1) is 11.3 Å². The summed E-state index contributed by atoms with van der Waals surface area (Å²) in [4.78, 5) is 10.6. The van der Waals surface area contributed by atoms with Crippen molar-refractivity contribution in [3.8, 4) is 17.2 Å². The number of carbonyl (C=O) groups is 1. The first-order valence-electron chi connectivity index (χ1n) is 4.62. The van der Waals surface area contributed by atoms with Gasteiger partial charge in [-0.25, -0.2) is 0 Å². The van der Waals surface area contributed by atoms with Crippen molar-refractivity contribution in [3.05, 3.63) is 47.8 Å². The Morgan fingerprint density at radius 1 is 1.25 bits per heavy atom. The zero-order valence-corrected chi connectivity index (χ0v) is 8.29. The quantitative estimate of drug-likeness (QED) is 0.707. The Hall–Kier alpha value is -2.54. The Labute approximate surface area is 92.2 Å². The van der Waals surface area contributed by atoms with Gasteiger partial charge in [-0.2, -0.15) is 10.4 Å². The first kappa shape index (κ1) is 9.99. The normalized spacial score (nSPS) is 9.44. The average Bonchev–Trinajstić information content (AvgIpc) is 2.39. The van der Waals surface area contributed by atoms with Crippen LogP contribution in [0.1, 0.15) is 16.1 Å². The third-order valence-electron chi connectivity index (χ3n) is 2.13. The van der Waals surface area contributed by atoms with Crippen molar-refractivity contribution in [1.82, 2.24) is 10.2 Å². The van der Waals surface area contributed by atoms with E-state index < -0.39 is 0 Å². The molecule has 0 saturated carbocycles. The molecule has 0 spiro atoms. The summed E-state index contributed by atoms with van der Waals surface area (Å²) in [5.41, 5.74) is 2.47. The summed E-state index contributed by atoms with van der Waals surface area (Å²) in [7, 11) is 0. The number of aromatic nitrogens is 2. The lowest BCUT2D eigenvalue weighted by atomic mass is 10.1. The molecule has 0 aliphatic rings. The number of hydrogen-bond donors (Lipinski definition) is 0. The lowest BCUT2D eigenvalue weighted by Gasteiger charge is -2.01. The molecule has 0 atom stereocenters. The first-order valence-corrected chi connectivity index (χ1v) is 4.62. The molecule has 0 radical (unpaired) electrons. The highest BCUT2D eigenvalue weighted by Crippen LogP contribution is 2.19. The molecule has 0 fully saturated rings. The molecule has 4 nitrogen and oxygen atoms in total. The van der Waals surface area contributed by atoms with Crippen LogP contribution in [0.2, 0.25) is 0 Å². The third-order valence-corrected chi connectivity index (χ3v) is 2.13. The zero-order chi connectivity index (χ0) is 11.4. The molecule has 0 aliphatic carbocycles. The standard InChI is InChI=1S/C12H7N3O/c13-6-12-5-11(7-14-15-12)10-3-1-2-9(4-10)8-16/h1-5,7-8H. The predicted molar refractivity (Wildman–Crippen MR) is 57.6 cm³/mol. The van der Waals surface area contributed by atoms with Gasteiger partial charge >= 0.3 is 0 Å². The van der Waals surface area contributed by atoms with Gasteiger partial charge in [0.2, 0.25) is 0 Å². The molecule has 0 unspecified atom stereocenters. The Bertz CT molecular complexity index is 572. The molecular weight excluding hydrogens is 202 g/mol. The SMILES string of the molecule is N#Cc1cc(-c2cccc(C=O)c2)cnn1. The molecule has 4 heteroatoms. The Morgan fingerprint density at radius 2 is 2.12 bits per heavy atom. The summed E-state index contributed by atoms with van der Waals surface area (Å²) in [5.74, 6) is 0. The van der Waals surface area contributed by atoms with E-state index in [1.807, 2.05) is 12.1 Å². The molecule has 76 valence electrons. The molecule has 0 aliphatic heterocycles. The van der Waals surface area contributed by atoms with Crippen LogP contribution in [0.5, 0.6) is 0 Å². The predicted octanol–water partition coefficient (Wildman–Crippen LogP) is 1.83. The minimum atomic E-state index is 0.258. The molecular formula is C12H7N3O. The lowest BCUT2D eigenvalue weighted by Crippen LogP contribution is -1.89. The van der Waals surface area contributed by atoms with Gasteiger partial charge in [-0.3, -0.25) is 4.79 Å². The van der Waals surface area contributed by atoms with Crippen LogP contribution < -0.4 is 0 Å². The van der Waals surface area contributed by atoms with Crippen LogP contribution in [0.3, 0.4) is 0 Å². The number of nitriles is 1. The molecule has 2 aromatic rings. The van der Waals surface area contributed by atoms with Crippen LogP contribution in [0.25, 0.3) is 11.1 Å². The van der Waals surface area contributed by atoms with Gasteiger partial charge < -0.3 is 0 Å². The maximum absolute atomic E-state index is 10.6. The van der Waals surface area contributed by atoms with Gasteiger partial charge in [0.15, 0.2) is 5.69 Å². The van der Waals surface area contributed by atoms with Crippen molar-refractivity contribution in [2.24, 2.45) is 0 Å². The van der Waals surface area contributed by atoms with Crippen LogP contribution in [-0.2, 0) is 0 Å². The third kappa shape index (κ3) is 1.93. The van der Waals surface area contributed by atoms with Crippen molar-refractivity contribution in [1.29, 1.82) is 5.26 Å². The monoisotopic (exact) mass is 209 g/mol. The van der Waals surface area contributed by atoms with Crippen molar-refractivity contribution in [2.75, 3.05) is 0 Å². The van der Waals surface area contributed by atoms with Gasteiger partial charge in [0.1, 0.15) is 12.4 Å². The summed E-state index contributed by atoms with van der Waals surface area (Å²) in [6.07, 6.45) is 2.34. The number of aldehydes is 1. The van der Waals surface area contributed by atoms with Crippen LogP contribution >= 0.6 is 0 Å². The maximum atomic E-state index is 10.6. The Balaban J connectivity index is 2.50. The highest BCUT2D eigenvalue weighted by molar-refractivity contribution is 5.78.